The molecule has 0 aliphatic rings. The van der Waals surface area contributed by atoms with Crippen molar-refractivity contribution in [2.24, 2.45) is 0 Å². The Morgan fingerprint density at radius 2 is 1.08 bits per heavy atom. The first-order valence-corrected chi connectivity index (χ1v) is 13.1. The minimum absolute atomic E-state index is 0.0688. The van der Waals surface area contributed by atoms with Gasteiger partial charge in [0.05, 0.1) is 11.6 Å². The Kier molecular flexibility index (Phi) is 9.12. The highest BCUT2D eigenvalue weighted by atomic mass is 35.7. The smallest absolute Gasteiger partial charge is 0.288 e. The van der Waals surface area contributed by atoms with Gasteiger partial charge in [0, 0.05) is 17.2 Å². The minimum Gasteiger partial charge on any atom is -0.288 e. The summed E-state index contributed by atoms with van der Waals surface area (Å²) in [5.41, 5.74) is 4.91. The fourth-order valence-electron chi connectivity index (χ4n) is 3.96. The quantitative estimate of drug-likeness (QED) is 0.241. The minimum atomic E-state index is -4.94. The highest BCUT2D eigenvalue weighted by molar-refractivity contribution is 6.16. The van der Waals surface area contributed by atoms with Crippen molar-refractivity contribution in [2.45, 2.75) is 0 Å². The molecule has 0 spiro atoms. The molecular formula is C32H23ClO6. The third-order valence-electron chi connectivity index (χ3n) is 5.63. The van der Waals surface area contributed by atoms with E-state index in [9.17, 15) is 4.79 Å². The van der Waals surface area contributed by atoms with Gasteiger partial charge in [-0.15, -0.1) is 10.2 Å². The fraction of sp³-hybridized carbons (Fsp3) is 0. The average Bonchev–Trinajstić information content (AvgIpc) is 2.96. The van der Waals surface area contributed by atoms with Crippen molar-refractivity contribution < 1.29 is 38.1 Å². The van der Waals surface area contributed by atoms with E-state index in [1.165, 1.54) is 0 Å². The van der Waals surface area contributed by atoms with Gasteiger partial charge in [0.15, 0.2) is 0 Å². The first kappa shape index (κ1) is 27.6. The molecule has 0 N–H and O–H groups in total. The number of ketones is 1. The summed E-state index contributed by atoms with van der Waals surface area (Å²) in [4.78, 5) is 13.8. The Labute approximate surface area is 228 Å². The summed E-state index contributed by atoms with van der Waals surface area (Å²) in [7, 11) is -4.94. The third kappa shape index (κ3) is 8.02. The van der Waals surface area contributed by atoms with Crippen LogP contribution in [0.5, 0.6) is 0 Å². The molecule has 4 aromatic carbocycles. The van der Waals surface area contributed by atoms with Crippen LogP contribution >= 0.6 is 0 Å². The molecule has 1 heterocycles. The standard InChI is InChI=1S/C32H23O2.ClHO4/c33-31(26-17-9-3-10-18-26)30-29(25-15-7-2-8-16-25)23-28(22-21-24-13-5-1-6-14-24)34-32(30)27-19-11-4-12-20-27;2-1(3,4)5/h1-23H;(H,2,3,4,5)/q+1;/p-1/b22-21+;. The first-order valence-electron chi connectivity index (χ1n) is 11.9. The molecule has 5 rings (SSSR count). The van der Waals surface area contributed by atoms with Gasteiger partial charge in [0.25, 0.3) is 0 Å². The fourth-order valence-corrected chi connectivity index (χ4v) is 3.96. The van der Waals surface area contributed by atoms with E-state index in [0.29, 0.717) is 22.6 Å². The molecule has 0 saturated heterocycles. The monoisotopic (exact) mass is 538 g/mol. The Balaban J connectivity index is 0.000000648. The zero-order valence-corrected chi connectivity index (χ0v) is 21.4. The number of benzene rings is 4. The van der Waals surface area contributed by atoms with E-state index < -0.39 is 10.2 Å². The maximum Gasteiger partial charge on any atom is 0.372 e. The molecule has 39 heavy (non-hydrogen) atoms. The Morgan fingerprint density at radius 3 is 1.62 bits per heavy atom. The largest absolute Gasteiger partial charge is 0.372 e. The molecule has 0 unspecified atom stereocenters. The maximum absolute atomic E-state index is 13.8. The maximum atomic E-state index is 13.8. The second kappa shape index (κ2) is 12.9. The number of rotatable bonds is 6. The van der Waals surface area contributed by atoms with E-state index in [0.717, 1.165) is 22.3 Å². The van der Waals surface area contributed by atoms with Gasteiger partial charge in [-0.25, -0.2) is 23.1 Å². The van der Waals surface area contributed by atoms with Crippen LogP contribution in [-0.4, -0.2) is 5.78 Å². The van der Waals surface area contributed by atoms with Crippen LogP contribution in [0, 0.1) is 10.2 Å². The highest BCUT2D eigenvalue weighted by Gasteiger charge is 2.31. The lowest BCUT2D eigenvalue weighted by atomic mass is 9.91. The summed E-state index contributed by atoms with van der Waals surface area (Å²) in [5.74, 6) is 1.16. The zero-order chi connectivity index (χ0) is 27.7. The highest BCUT2D eigenvalue weighted by Crippen LogP contribution is 2.36. The van der Waals surface area contributed by atoms with Gasteiger partial charge < -0.3 is 0 Å². The number of hydrogen-bond donors (Lipinski definition) is 0. The van der Waals surface area contributed by atoms with Crippen LogP contribution in [0.25, 0.3) is 34.6 Å². The number of carbonyl (C=O) groups is 1. The van der Waals surface area contributed by atoms with Gasteiger partial charge in [-0.2, -0.15) is 0 Å². The Morgan fingerprint density at radius 1 is 0.615 bits per heavy atom. The van der Waals surface area contributed by atoms with Crippen molar-refractivity contribution in [3.05, 3.63) is 150 Å². The molecule has 6 nitrogen and oxygen atoms in total. The van der Waals surface area contributed by atoms with Gasteiger partial charge in [0.2, 0.25) is 5.78 Å². The van der Waals surface area contributed by atoms with Gasteiger partial charge in [0.1, 0.15) is 5.56 Å². The van der Waals surface area contributed by atoms with Crippen molar-refractivity contribution in [1.82, 2.24) is 0 Å². The van der Waals surface area contributed by atoms with Crippen LogP contribution in [0.15, 0.2) is 132 Å². The summed E-state index contributed by atoms with van der Waals surface area (Å²) < 4.78 is 40.4. The predicted molar refractivity (Wildman–Crippen MR) is 139 cm³/mol. The molecule has 0 atom stereocenters. The van der Waals surface area contributed by atoms with E-state index in [-0.39, 0.29) is 5.78 Å². The van der Waals surface area contributed by atoms with Crippen LogP contribution in [-0.2, 0) is 0 Å². The molecule has 0 bridgehead atoms. The van der Waals surface area contributed by atoms with E-state index in [1.807, 2.05) is 140 Å². The molecule has 0 amide bonds. The molecule has 7 heteroatoms. The molecule has 1 aromatic heterocycles. The second-order valence-corrected chi connectivity index (χ2v) is 9.07. The van der Waals surface area contributed by atoms with E-state index in [1.54, 1.807) is 0 Å². The van der Waals surface area contributed by atoms with Gasteiger partial charge >= 0.3 is 11.5 Å². The lowest BCUT2D eigenvalue weighted by Crippen LogP contribution is -2.68. The second-order valence-electron chi connectivity index (χ2n) is 8.32. The summed E-state index contributed by atoms with van der Waals surface area (Å²) in [6, 6.07) is 41.2. The molecule has 194 valence electrons. The van der Waals surface area contributed by atoms with E-state index in [2.05, 4.69) is 0 Å². The van der Waals surface area contributed by atoms with Gasteiger partial charge in [-0.05, 0) is 29.3 Å². The summed E-state index contributed by atoms with van der Waals surface area (Å²) >= 11 is 0. The zero-order valence-electron chi connectivity index (χ0n) is 20.6. The predicted octanol–water partition coefficient (Wildman–Crippen LogP) is 3.54. The summed E-state index contributed by atoms with van der Waals surface area (Å²) in [6.45, 7) is 0. The Hall–Kier alpha value is -4.43. The van der Waals surface area contributed by atoms with Crippen molar-refractivity contribution in [2.75, 3.05) is 0 Å². The molecule has 0 aliphatic heterocycles. The van der Waals surface area contributed by atoms with E-state index >= 15 is 0 Å². The van der Waals surface area contributed by atoms with Gasteiger partial charge in [-0.3, -0.25) is 4.79 Å². The van der Waals surface area contributed by atoms with Crippen LogP contribution in [0.2, 0.25) is 0 Å². The Bertz CT molecular complexity index is 1470. The first-order chi connectivity index (χ1) is 18.8. The van der Waals surface area contributed by atoms with E-state index in [4.69, 9.17) is 23.1 Å². The molecule has 0 aliphatic carbocycles. The number of hydrogen-bond acceptors (Lipinski definition) is 5. The third-order valence-corrected chi connectivity index (χ3v) is 5.63. The normalized spacial score (nSPS) is 11.1. The van der Waals surface area contributed by atoms with Crippen LogP contribution < -0.4 is 18.6 Å². The SMILES string of the molecule is O=C(c1ccccc1)c1c(-c2ccccc2)cc(/C=C/c2ccccc2)[o+]c1-c1ccccc1.[O-][Cl+3]([O-])([O-])[O-]. The molecule has 0 fully saturated rings. The van der Waals surface area contributed by atoms with Crippen LogP contribution in [0.3, 0.4) is 0 Å². The van der Waals surface area contributed by atoms with Crippen molar-refractivity contribution in [1.29, 1.82) is 0 Å². The van der Waals surface area contributed by atoms with Crippen LogP contribution in [0.4, 0.5) is 0 Å². The van der Waals surface area contributed by atoms with Crippen LogP contribution in [0.1, 0.15) is 27.2 Å². The molecule has 0 saturated carbocycles. The molecular weight excluding hydrogens is 516 g/mol. The number of halogens is 1. The van der Waals surface area contributed by atoms with Crippen molar-refractivity contribution in [3.8, 4) is 22.5 Å². The molecule has 5 aromatic rings. The lowest BCUT2D eigenvalue weighted by Gasteiger charge is -2.17. The van der Waals surface area contributed by atoms with Gasteiger partial charge in [-0.1, -0.05) is 109 Å². The summed E-state index contributed by atoms with van der Waals surface area (Å²) in [5, 5.41) is 0. The van der Waals surface area contributed by atoms with Crippen molar-refractivity contribution in [3.63, 3.8) is 0 Å². The average molecular weight is 539 g/mol. The summed E-state index contributed by atoms with van der Waals surface area (Å²) in [6.07, 6.45) is 3.96. The lowest BCUT2D eigenvalue weighted by molar-refractivity contribution is -2.00. The number of carbonyl (C=O) groups excluding carboxylic acids is 1. The molecule has 0 radical (unpaired) electrons. The topological polar surface area (TPSA) is 121 Å². The van der Waals surface area contributed by atoms with Crippen molar-refractivity contribution >= 4 is 17.9 Å².